The summed E-state index contributed by atoms with van der Waals surface area (Å²) in [7, 11) is -3.81. The summed E-state index contributed by atoms with van der Waals surface area (Å²) in [4.78, 5) is 23.2. The van der Waals surface area contributed by atoms with Crippen molar-refractivity contribution >= 4 is 22.0 Å². The first-order valence-corrected chi connectivity index (χ1v) is 8.40. The number of hydrogen-bond donors (Lipinski definition) is 1. The van der Waals surface area contributed by atoms with E-state index >= 15 is 0 Å². The smallest absolute Gasteiger partial charge is 0.325 e. The summed E-state index contributed by atoms with van der Waals surface area (Å²) in [5.41, 5.74) is 0.263. The van der Waals surface area contributed by atoms with Crippen molar-refractivity contribution in [2.45, 2.75) is 43.5 Å². The highest BCUT2D eigenvalue weighted by Gasteiger charge is 2.70. The van der Waals surface area contributed by atoms with Gasteiger partial charge < -0.3 is 14.8 Å². The Morgan fingerprint density at radius 1 is 1.27 bits per heavy atom. The minimum Gasteiger partial charge on any atom is -0.457 e. The molecule has 3 saturated heterocycles. The molecule has 9 heteroatoms. The zero-order valence-electron chi connectivity index (χ0n) is 12.1. The number of ether oxygens (including phenoxy) is 2. The van der Waals surface area contributed by atoms with Gasteiger partial charge in [-0.2, -0.15) is 8.42 Å². The van der Waals surface area contributed by atoms with E-state index in [1.807, 2.05) is 0 Å². The van der Waals surface area contributed by atoms with E-state index in [1.165, 1.54) is 6.92 Å². The second-order valence-corrected chi connectivity index (χ2v) is 7.58. The van der Waals surface area contributed by atoms with Crippen LogP contribution in [0.3, 0.4) is 0 Å². The molecule has 22 heavy (non-hydrogen) atoms. The van der Waals surface area contributed by atoms with Crippen molar-refractivity contribution in [1.82, 2.24) is 5.32 Å². The van der Waals surface area contributed by atoms with Crippen LogP contribution in [0.4, 0.5) is 0 Å². The van der Waals surface area contributed by atoms with Gasteiger partial charge in [0.2, 0.25) is 5.91 Å². The molecular formula is C13H17NO7S. The number of fused-ring (bicyclic) bond motifs is 1. The summed E-state index contributed by atoms with van der Waals surface area (Å²) < 4.78 is 39.9. The molecule has 0 spiro atoms. The maximum absolute atomic E-state index is 12.0. The first-order chi connectivity index (χ1) is 10.2. The van der Waals surface area contributed by atoms with Gasteiger partial charge in [0, 0.05) is 11.5 Å². The molecule has 3 aliphatic heterocycles. The predicted molar refractivity (Wildman–Crippen MR) is 73.1 cm³/mol. The van der Waals surface area contributed by atoms with Crippen molar-refractivity contribution in [3.63, 3.8) is 0 Å². The van der Waals surface area contributed by atoms with Crippen molar-refractivity contribution in [3.05, 3.63) is 12.2 Å². The molecule has 3 fully saturated rings. The summed E-state index contributed by atoms with van der Waals surface area (Å²) >= 11 is 0. The van der Waals surface area contributed by atoms with Crippen molar-refractivity contribution in [2.75, 3.05) is 6.54 Å². The van der Waals surface area contributed by atoms with Crippen LogP contribution in [0.25, 0.3) is 0 Å². The van der Waals surface area contributed by atoms with Crippen LogP contribution in [0.5, 0.6) is 0 Å². The molecule has 3 rings (SSSR count). The molecule has 6 unspecified atom stereocenters. The molecule has 1 N–H and O–H groups in total. The quantitative estimate of drug-likeness (QED) is 0.404. The average molecular weight is 331 g/mol. The third-order valence-electron chi connectivity index (χ3n) is 4.27. The summed E-state index contributed by atoms with van der Waals surface area (Å²) in [6.07, 6.45) is -2.50. The molecule has 3 aliphatic rings. The van der Waals surface area contributed by atoms with Crippen molar-refractivity contribution in [2.24, 2.45) is 5.92 Å². The maximum Gasteiger partial charge on any atom is 0.325 e. The number of hydrogen-bond acceptors (Lipinski definition) is 7. The Bertz CT molecular complexity index is 643. The Morgan fingerprint density at radius 2 is 1.95 bits per heavy atom. The van der Waals surface area contributed by atoms with Gasteiger partial charge in [-0.1, -0.05) is 13.5 Å². The predicted octanol–water partition coefficient (Wildman–Crippen LogP) is -0.895. The molecule has 1 amide bonds. The molecule has 6 atom stereocenters. The van der Waals surface area contributed by atoms with Gasteiger partial charge in [-0.3, -0.25) is 13.8 Å². The monoisotopic (exact) mass is 331 g/mol. The molecule has 0 radical (unpaired) electrons. The van der Waals surface area contributed by atoms with E-state index in [4.69, 9.17) is 13.7 Å². The maximum atomic E-state index is 12.0. The normalized spacial score (nSPS) is 40.5. The van der Waals surface area contributed by atoms with Crippen LogP contribution in [0.2, 0.25) is 0 Å². The molecule has 8 nitrogen and oxygen atoms in total. The van der Waals surface area contributed by atoms with E-state index in [0.29, 0.717) is 0 Å². The Morgan fingerprint density at radius 3 is 2.59 bits per heavy atom. The fourth-order valence-corrected chi connectivity index (χ4v) is 5.01. The van der Waals surface area contributed by atoms with Crippen LogP contribution < -0.4 is 5.32 Å². The van der Waals surface area contributed by atoms with Crippen LogP contribution in [0.1, 0.15) is 13.8 Å². The number of esters is 1. The largest absolute Gasteiger partial charge is 0.457 e. The van der Waals surface area contributed by atoms with Crippen LogP contribution in [0.15, 0.2) is 12.2 Å². The number of carbonyl (C=O) groups excluding carboxylic acids is 2. The summed E-state index contributed by atoms with van der Waals surface area (Å²) in [6.45, 7) is 6.40. The zero-order valence-corrected chi connectivity index (χ0v) is 13.0. The molecule has 0 aliphatic carbocycles. The fraction of sp³-hybridized carbons (Fsp3) is 0.692. The van der Waals surface area contributed by atoms with Crippen LogP contribution in [0, 0.1) is 5.92 Å². The van der Waals surface area contributed by atoms with Gasteiger partial charge in [0.1, 0.15) is 24.9 Å². The van der Waals surface area contributed by atoms with Crippen molar-refractivity contribution in [3.8, 4) is 0 Å². The number of amides is 1. The first kappa shape index (κ1) is 15.4. The van der Waals surface area contributed by atoms with Gasteiger partial charge in [0.15, 0.2) is 11.4 Å². The highest BCUT2D eigenvalue weighted by molar-refractivity contribution is 7.87. The Labute approximate surface area is 127 Å². The molecule has 0 saturated carbocycles. The lowest BCUT2D eigenvalue weighted by Crippen LogP contribution is -2.47. The summed E-state index contributed by atoms with van der Waals surface area (Å²) in [5.74, 6) is -1.37. The second-order valence-electron chi connectivity index (χ2n) is 5.86. The third-order valence-corrected chi connectivity index (χ3v) is 5.97. The van der Waals surface area contributed by atoms with Crippen LogP contribution >= 0.6 is 0 Å². The van der Waals surface area contributed by atoms with Gasteiger partial charge in [0.05, 0.1) is 0 Å². The standard InChI is InChI=1S/C13H17NO7S/c1-5(2)13(16)14-4-7(15)19-10-8-6(3)9-11(20-8)12(10)22(17,18)21-9/h6,8-12H,1,4H2,2-3H3,(H,14,16). The lowest BCUT2D eigenvalue weighted by molar-refractivity contribution is -0.151. The first-order valence-electron chi connectivity index (χ1n) is 6.93. The summed E-state index contributed by atoms with van der Waals surface area (Å²) in [6, 6.07) is 0. The fourth-order valence-electron chi connectivity index (χ4n) is 3.20. The second kappa shape index (κ2) is 5.04. The number of carbonyl (C=O) groups is 2. The molecular weight excluding hydrogens is 314 g/mol. The highest BCUT2D eigenvalue weighted by Crippen LogP contribution is 2.50. The summed E-state index contributed by atoms with van der Waals surface area (Å²) in [5, 5.41) is 1.35. The zero-order chi connectivity index (χ0) is 16.2. The van der Waals surface area contributed by atoms with E-state index in [1.54, 1.807) is 6.92 Å². The number of nitrogens with one attached hydrogen (secondary N) is 1. The Kier molecular flexibility index (Phi) is 3.54. The van der Waals surface area contributed by atoms with E-state index in [-0.39, 0.29) is 18.0 Å². The van der Waals surface area contributed by atoms with Gasteiger partial charge in [-0.05, 0) is 6.92 Å². The van der Waals surface area contributed by atoms with Gasteiger partial charge in [-0.15, -0.1) is 0 Å². The topological polar surface area (TPSA) is 108 Å². The molecule has 0 aromatic carbocycles. The van der Waals surface area contributed by atoms with Gasteiger partial charge >= 0.3 is 5.97 Å². The third kappa shape index (κ3) is 2.24. The van der Waals surface area contributed by atoms with Crippen LogP contribution in [-0.2, 0) is 33.4 Å². The Balaban J connectivity index is 1.67. The molecule has 3 heterocycles. The van der Waals surface area contributed by atoms with E-state index in [9.17, 15) is 18.0 Å². The molecule has 0 aromatic heterocycles. The Hall–Kier alpha value is -1.45. The van der Waals surface area contributed by atoms with Crippen molar-refractivity contribution < 1.29 is 31.7 Å². The molecule has 0 aromatic rings. The minimum atomic E-state index is -3.81. The molecule has 122 valence electrons. The molecule has 2 bridgehead atoms. The number of rotatable bonds is 4. The van der Waals surface area contributed by atoms with Crippen LogP contribution in [-0.4, -0.2) is 56.5 Å². The lowest BCUT2D eigenvalue weighted by Gasteiger charge is -2.25. The average Bonchev–Trinajstić information content (AvgIpc) is 2.99. The van der Waals surface area contributed by atoms with E-state index in [2.05, 4.69) is 11.9 Å². The SMILES string of the molecule is C=C(C)C(=O)NCC(=O)OC1C2OC3C(OS(=O)(=O)C13)C2C. The van der Waals surface area contributed by atoms with E-state index < -0.39 is 51.7 Å². The van der Waals surface area contributed by atoms with Crippen molar-refractivity contribution in [1.29, 1.82) is 0 Å². The minimum absolute atomic E-state index is 0.179. The van der Waals surface area contributed by atoms with Gasteiger partial charge in [-0.25, -0.2) is 0 Å². The van der Waals surface area contributed by atoms with E-state index in [0.717, 1.165) is 0 Å². The lowest BCUT2D eigenvalue weighted by atomic mass is 9.86. The highest BCUT2D eigenvalue weighted by atomic mass is 32.2. The van der Waals surface area contributed by atoms with Gasteiger partial charge in [0.25, 0.3) is 10.1 Å².